The molecule has 1 unspecified atom stereocenters. The molecule has 0 saturated carbocycles. The zero-order valence-electron chi connectivity index (χ0n) is 12.5. The smallest absolute Gasteiger partial charge is 0.137 e. The van der Waals surface area contributed by atoms with Crippen LogP contribution in [0.5, 0.6) is 0 Å². The molecule has 1 atom stereocenters. The van der Waals surface area contributed by atoms with Crippen LogP contribution >= 0.6 is 0 Å². The largest absolute Gasteiger partial charge is 0.459 e. The molecular formula is C17H19N3O. The lowest BCUT2D eigenvalue weighted by atomic mass is 10.0. The van der Waals surface area contributed by atoms with Crippen molar-refractivity contribution in [3.05, 3.63) is 64.7 Å². The number of hydrogen-bond acceptors (Lipinski definition) is 4. The van der Waals surface area contributed by atoms with Crippen LogP contribution in [-0.2, 0) is 0 Å². The highest BCUT2D eigenvalue weighted by molar-refractivity contribution is 5.81. The van der Waals surface area contributed by atoms with E-state index in [1.165, 1.54) is 0 Å². The van der Waals surface area contributed by atoms with E-state index in [0.717, 1.165) is 39.1 Å². The highest BCUT2D eigenvalue weighted by atomic mass is 16.3. The summed E-state index contributed by atoms with van der Waals surface area (Å²) in [6.45, 7) is 6.10. The van der Waals surface area contributed by atoms with E-state index in [2.05, 4.69) is 16.5 Å². The van der Waals surface area contributed by atoms with Crippen LogP contribution in [0.2, 0.25) is 0 Å². The van der Waals surface area contributed by atoms with Crippen molar-refractivity contribution in [2.75, 3.05) is 0 Å². The number of nitrogens with zero attached hydrogens (tertiary/aromatic N) is 1. The van der Waals surface area contributed by atoms with Gasteiger partial charge in [-0.3, -0.25) is 10.8 Å². The molecule has 3 rings (SSSR count). The molecule has 21 heavy (non-hydrogen) atoms. The number of nitrogens with one attached hydrogen (secondary N) is 1. The van der Waals surface area contributed by atoms with Gasteiger partial charge in [0.2, 0.25) is 0 Å². The fraction of sp³-hybridized carbons (Fsp3) is 0.235. The second-order valence-corrected chi connectivity index (χ2v) is 5.46. The Morgan fingerprint density at radius 2 is 1.95 bits per heavy atom. The first-order valence-corrected chi connectivity index (χ1v) is 6.98. The van der Waals surface area contributed by atoms with Crippen LogP contribution < -0.4 is 11.3 Å². The van der Waals surface area contributed by atoms with Gasteiger partial charge in [0.05, 0.1) is 5.69 Å². The lowest BCUT2D eigenvalue weighted by Gasteiger charge is -2.15. The fourth-order valence-corrected chi connectivity index (χ4v) is 2.69. The van der Waals surface area contributed by atoms with E-state index >= 15 is 0 Å². The number of benzene rings is 1. The Morgan fingerprint density at radius 1 is 1.14 bits per heavy atom. The topological polar surface area (TPSA) is 64.1 Å². The first-order valence-electron chi connectivity index (χ1n) is 6.98. The Bertz CT molecular complexity index is 792. The molecule has 0 amide bonds. The SMILES string of the molecule is Cc1cnc(C(NN)c2cc3cccc(C)c3o2)c(C)c1. The zero-order chi connectivity index (χ0) is 15.0. The van der Waals surface area contributed by atoms with Crippen LogP contribution in [0.1, 0.15) is 34.2 Å². The van der Waals surface area contributed by atoms with E-state index in [4.69, 9.17) is 10.3 Å². The Hall–Kier alpha value is -2.17. The minimum absolute atomic E-state index is 0.252. The first kappa shape index (κ1) is 13.8. The molecular weight excluding hydrogens is 262 g/mol. The maximum absolute atomic E-state index is 6.01. The number of hydrazine groups is 1. The molecule has 0 aliphatic rings. The van der Waals surface area contributed by atoms with E-state index in [1.807, 2.05) is 51.2 Å². The van der Waals surface area contributed by atoms with Crippen molar-refractivity contribution in [3.8, 4) is 0 Å². The monoisotopic (exact) mass is 281 g/mol. The molecule has 4 heteroatoms. The van der Waals surface area contributed by atoms with Crippen molar-refractivity contribution < 1.29 is 4.42 Å². The van der Waals surface area contributed by atoms with E-state index in [-0.39, 0.29) is 6.04 Å². The molecule has 2 aromatic heterocycles. The Kier molecular flexibility index (Phi) is 3.49. The number of nitrogens with two attached hydrogens (primary N) is 1. The van der Waals surface area contributed by atoms with Gasteiger partial charge in [0.1, 0.15) is 17.4 Å². The molecule has 108 valence electrons. The normalized spacial score (nSPS) is 12.8. The first-order chi connectivity index (χ1) is 10.1. The van der Waals surface area contributed by atoms with E-state index in [0.29, 0.717) is 0 Å². The predicted molar refractivity (Wildman–Crippen MR) is 83.8 cm³/mol. The standard InChI is InChI=1S/C17H19N3O/c1-10-7-12(3)15(19-9-10)16(20-18)14-8-13-6-4-5-11(2)17(13)21-14/h4-9,16,20H,18H2,1-3H3. The number of pyridine rings is 1. The summed E-state index contributed by atoms with van der Waals surface area (Å²) in [6, 6.07) is 9.97. The van der Waals surface area contributed by atoms with Crippen LogP contribution in [0.15, 0.2) is 40.9 Å². The van der Waals surface area contributed by atoms with Gasteiger partial charge >= 0.3 is 0 Å². The third-order valence-electron chi connectivity index (χ3n) is 3.74. The maximum Gasteiger partial charge on any atom is 0.137 e. The molecule has 0 fully saturated rings. The number of aryl methyl sites for hydroxylation is 3. The van der Waals surface area contributed by atoms with Crippen molar-refractivity contribution in [1.82, 2.24) is 10.4 Å². The van der Waals surface area contributed by atoms with Gasteiger partial charge in [-0.25, -0.2) is 5.43 Å². The van der Waals surface area contributed by atoms with Crippen molar-refractivity contribution in [2.24, 2.45) is 5.84 Å². The quantitative estimate of drug-likeness (QED) is 0.571. The summed E-state index contributed by atoms with van der Waals surface area (Å²) in [4.78, 5) is 4.52. The van der Waals surface area contributed by atoms with Gasteiger partial charge < -0.3 is 4.42 Å². The third-order valence-corrected chi connectivity index (χ3v) is 3.74. The van der Waals surface area contributed by atoms with Gasteiger partial charge in [-0.05, 0) is 43.5 Å². The van der Waals surface area contributed by atoms with Crippen molar-refractivity contribution in [2.45, 2.75) is 26.8 Å². The summed E-state index contributed by atoms with van der Waals surface area (Å²) in [5, 5.41) is 1.08. The van der Waals surface area contributed by atoms with Gasteiger partial charge in [-0.2, -0.15) is 0 Å². The van der Waals surface area contributed by atoms with Crippen molar-refractivity contribution in [3.63, 3.8) is 0 Å². The van der Waals surface area contributed by atoms with Crippen molar-refractivity contribution >= 4 is 11.0 Å². The van der Waals surface area contributed by atoms with Crippen LogP contribution in [0.3, 0.4) is 0 Å². The van der Waals surface area contributed by atoms with Gasteiger partial charge in [0.15, 0.2) is 0 Å². The number of fused-ring (bicyclic) bond motifs is 1. The highest BCUT2D eigenvalue weighted by Crippen LogP contribution is 2.30. The number of rotatable bonds is 3. The molecule has 0 aliphatic carbocycles. The fourth-order valence-electron chi connectivity index (χ4n) is 2.69. The zero-order valence-corrected chi connectivity index (χ0v) is 12.5. The Labute approximate surface area is 124 Å². The highest BCUT2D eigenvalue weighted by Gasteiger charge is 2.20. The summed E-state index contributed by atoms with van der Waals surface area (Å²) in [6.07, 6.45) is 1.85. The summed E-state index contributed by atoms with van der Waals surface area (Å²) in [7, 11) is 0. The molecule has 0 spiro atoms. The Morgan fingerprint density at radius 3 is 2.62 bits per heavy atom. The average molecular weight is 281 g/mol. The second kappa shape index (κ2) is 5.31. The van der Waals surface area contributed by atoms with Crippen LogP contribution in [-0.4, -0.2) is 4.98 Å². The lowest BCUT2D eigenvalue weighted by molar-refractivity contribution is 0.469. The average Bonchev–Trinajstić information content (AvgIpc) is 2.87. The number of hydrogen-bond donors (Lipinski definition) is 2. The lowest BCUT2D eigenvalue weighted by Crippen LogP contribution is -2.29. The van der Waals surface area contributed by atoms with Gasteiger partial charge in [0.25, 0.3) is 0 Å². The third kappa shape index (κ3) is 2.44. The number of aromatic nitrogens is 1. The molecule has 1 aromatic carbocycles. The summed E-state index contributed by atoms with van der Waals surface area (Å²) >= 11 is 0. The van der Waals surface area contributed by atoms with Crippen LogP contribution in [0.4, 0.5) is 0 Å². The van der Waals surface area contributed by atoms with E-state index < -0.39 is 0 Å². The molecule has 3 N–H and O–H groups in total. The molecule has 0 radical (unpaired) electrons. The van der Waals surface area contributed by atoms with E-state index in [1.54, 1.807) is 0 Å². The van der Waals surface area contributed by atoms with Crippen LogP contribution in [0, 0.1) is 20.8 Å². The van der Waals surface area contributed by atoms with Crippen LogP contribution in [0.25, 0.3) is 11.0 Å². The van der Waals surface area contributed by atoms with E-state index in [9.17, 15) is 0 Å². The Balaban J connectivity index is 2.11. The maximum atomic E-state index is 6.01. The van der Waals surface area contributed by atoms with Gasteiger partial charge in [0, 0.05) is 11.6 Å². The minimum Gasteiger partial charge on any atom is -0.459 e. The molecule has 3 aromatic rings. The molecule has 4 nitrogen and oxygen atoms in total. The molecule has 2 heterocycles. The molecule has 0 bridgehead atoms. The van der Waals surface area contributed by atoms with Gasteiger partial charge in [-0.15, -0.1) is 0 Å². The second-order valence-electron chi connectivity index (χ2n) is 5.46. The number of para-hydroxylation sites is 1. The molecule has 0 aliphatic heterocycles. The van der Waals surface area contributed by atoms with Gasteiger partial charge in [-0.1, -0.05) is 24.3 Å². The molecule has 0 saturated heterocycles. The summed E-state index contributed by atoms with van der Waals surface area (Å²) in [5.41, 5.74) is 7.95. The minimum atomic E-state index is -0.252. The number of furan rings is 1. The summed E-state index contributed by atoms with van der Waals surface area (Å²) < 4.78 is 6.01. The predicted octanol–water partition coefficient (Wildman–Crippen LogP) is 3.31. The summed E-state index contributed by atoms with van der Waals surface area (Å²) in [5.74, 6) is 6.53. The van der Waals surface area contributed by atoms with Crippen molar-refractivity contribution in [1.29, 1.82) is 0 Å².